The van der Waals surface area contributed by atoms with E-state index in [2.05, 4.69) is 10.2 Å². The normalized spacial score (nSPS) is 29.0. The number of rotatable bonds is 7. The number of hydrogen-bond donors (Lipinski definition) is 3. The van der Waals surface area contributed by atoms with Crippen LogP contribution in [-0.2, 0) is 10.2 Å². The van der Waals surface area contributed by atoms with Gasteiger partial charge in [-0.25, -0.2) is 0 Å². The molecule has 2 aromatic rings. The molecule has 186 valence electrons. The van der Waals surface area contributed by atoms with Crippen LogP contribution in [0, 0.1) is 5.92 Å². The third-order valence-electron chi connectivity index (χ3n) is 8.21. The second-order valence-corrected chi connectivity index (χ2v) is 10.7. The summed E-state index contributed by atoms with van der Waals surface area (Å²) < 4.78 is 5.26. The number of β-amino-alcohol motifs (C(OH)–C–C–N with tert-alkyl or cyclic N) is 1. The van der Waals surface area contributed by atoms with Crippen molar-refractivity contribution in [3.8, 4) is 11.5 Å². The van der Waals surface area contributed by atoms with E-state index in [1.165, 1.54) is 12.8 Å². The smallest absolute Gasteiger partial charge is 0.244 e. The lowest BCUT2D eigenvalue weighted by molar-refractivity contribution is -0.132. The molecule has 5 rings (SSSR count). The largest absolute Gasteiger partial charge is 0.508 e. The van der Waals surface area contributed by atoms with E-state index in [1.54, 1.807) is 31.4 Å². The van der Waals surface area contributed by atoms with E-state index in [1.807, 2.05) is 36.4 Å². The van der Waals surface area contributed by atoms with Crippen LogP contribution in [0.25, 0.3) is 6.08 Å². The Morgan fingerprint density at radius 2 is 2.00 bits per heavy atom. The second kappa shape index (κ2) is 9.67. The molecule has 3 atom stereocenters. The SMILES string of the molecule is COc1cccc(C=CC(=O)N[C@H]2CC[C@]3(O)CN(CC4CC4)CC[C@@]3(c3cccc(O)c3)C2)c1. The van der Waals surface area contributed by atoms with Crippen molar-refractivity contribution in [3.63, 3.8) is 0 Å². The van der Waals surface area contributed by atoms with Crippen molar-refractivity contribution in [3.05, 3.63) is 65.7 Å². The molecule has 2 saturated carbocycles. The number of nitrogens with zero attached hydrogens (tertiary/aromatic N) is 1. The lowest BCUT2D eigenvalue weighted by Crippen LogP contribution is -2.67. The summed E-state index contributed by atoms with van der Waals surface area (Å²) >= 11 is 0. The van der Waals surface area contributed by atoms with E-state index in [4.69, 9.17) is 4.74 Å². The minimum Gasteiger partial charge on any atom is -0.508 e. The van der Waals surface area contributed by atoms with Crippen molar-refractivity contribution >= 4 is 12.0 Å². The van der Waals surface area contributed by atoms with Crippen LogP contribution in [0.3, 0.4) is 0 Å². The molecule has 0 radical (unpaired) electrons. The number of methoxy groups -OCH3 is 1. The van der Waals surface area contributed by atoms with Gasteiger partial charge in [-0.15, -0.1) is 0 Å². The number of carbonyl (C=O) groups excluding carboxylic acids is 1. The fourth-order valence-corrected chi connectivity index (χ4v) is 6.17. The number of phenols is 1. The molecule has 3 aliphatic rings. The van der Waals surface area contributed by atoms with E-state index >= 15 is 0 Å². The first-order valence-corrected chi connectivity index (χ1v) is 12.8. The molecule has 35 heavy (non-hydrogen) atoms. The van der Waals surface area contributed by atoms with Gasteiger partial charge < -0.3 is 25.2 Å². The van der Waals surface area contributed by atoms with Crippen LogP contribution in [0.2, 0.25) is 0 Å². The van der Waals surface area contributed by atoms with E-state index in [0.29, 0.717) is 19.4 Å². The molecule has 1 aliphatic heterocycles. The standard InChI is InChI=1S/C29H36N2O4/c1-35-26-7-2-4-21(16-26)10-11-27(33)30-24-12-13-29(34)20-31(19-22-8-9-22)15-14-28(29,18-24)23-5-3-6-25(32)17-23/h2-7,10-11,16-17,22,24,32,34H,8-9,12-15,18-20H2,1H3,(H,30,33)/t24-,28-,29-/m0/s1. The van der Waals surface area contributed by atoms with Crippen molar-refractivity contribution in [1.29, 1.82) is 0 Å². The number of amides is 1. The first-order valence-electron chi connectivity index (χ1n) is 12.8. The number of phenolic OH excluding ortho intramolecular Hbond substituents is 1. The van der Waals surface area contributed by atoms with Gasteiger partial charge in [0.1, 0.15) is 11.5 Å². The number of likely N-dealkylation sites (tertiary alicyclic amines) is 1. The van der Waals surface area contributed by atoms with Crippen molar-refractivity contribution in [1.82, 2.24) is 10.2 Å². The Balaban J connectivity index is 1.33. The van der Waals surface area contributed by atoms with Crippen molar-refractivity contribution in [2.45, 2.75) is 55.6 Å². The molecule has 2 aromatic carbocycles. The molecule has 0 spiro atoms. The molecule has 3 N–H and O–H groups in total. The van der Waals surface area contributed by atoms with Gasteiger partial charge in [0, 0.05) is 30.6 Å². The van der Waals surface area contributed by atoms with Crippen LogP contribution in [-0.4, -0.2) is 59.4 Å². The monoisotopic (exact) mass is 476 g/mol. The topological polar surface area (TPSA) is 82.0 Å². The molecule has 6 heteroatoms. The third-order valence-corrected chi connectivity index (χ3v) is 8.21. The zero-order chi connectivity index (χ0) is 24.5. The average Bonchev–Trinajstić information content (AvgIpc) is 3.67. The maximum atomic E-state index is 12.8. The molecule has 2 aliphatic carbocycles. The van der Waals surface area contributed by atoms with Gasteiger partial charge in [-0.1, -0.05) is 24.3 Å². The molecule has 3 fully saturated rings. The number of hydrogen-bond acceptors (Lipinski definition) is 5. The summed E-state index contributed by atoms with van der Waals surface area (Å²) in [7, 11) is 1.62. The third kappa shape index (κ3) is 5.09. The Morgan fingerprint density at radius 1 is 1.17 bits per heavy atom. The van der Waals surface area contributed by atoms with Crippen LogP contribution >= 0.6 is 0 Å². The fourth-order valence-electron chi connectivity index (χ4n) is 6.17. The molecule has 0 aromatic heterocycles. The molecular weight excluding hydrogens is 440 g/mol. The Kier molecular flexibility index (Phi) is 6.60. The van der Waals surface area contributed by atoms with Gasteiger partial charge in [0.15, 0.2) is 0 Å². The summed E-state index contributed by atoms with van der Waals surface area (Å²) in [5.41, 5.74) is 0.484. The van der Waals surface area contributed by atoms with Gasteiger partial charge in [-0.3, -0.25) is 4.79 Å². The Labute approximate surface area is 207 Å². The van der Waals surface area contributed by atoms with Crippen LogP contribution in [0.5, 0.6) is 11.5 Å². The first-order chi connectivity index (χ1) is 16.9. The average molecular weight is 477 g/mol. The fraction of sp³-hybridized carbons (Fsp3) is 0.483. The van der Waals surface area contributed by atoms with E-state index in [0.717, 1.165) is 48.7 Å². The van der Waals surface area contributed by atoms with Gasteiger partial charge in [0.25, 0.3) is 0 Å². The van der Waals surface area contributed by atoms with E-state index in [-0.39, 0.29) is 17.7 Å². The van der Waals surface area contributed by atoms with Gasteiger partial charge >= 0.3 is 0 Å². The Morgan fingerprint density at radius 3 is 2.77 bits per heavy atom. The Hall–Kier alpha value is -2.83. The molecule has 0 bridgehead atoms. The predicted octanol–water partition coefficient (Wildman–Crippen LogP) is 3.87. The highest BCUT2D eigenvalue weighted by atomic mass is 16.5. The van der Waals surface area contributed by atoms with E-state index < -0.39 is 11.0 Å². The zero-order valence-electron chi connectivity index (χ0n) is 20.5. The highest BCUT2D eigenvalue weighted by Crippen LogP contribution is 2.52. The molecule has 0 unspecified atom stereocenters. The van der Waals surface area contributed by atoms with Gasteiger partial charge in [0.2, 0.25) is 5.91 Å². The summed E-state index contributed by atoms with van der Waals surface area (Å²) in [6.07, 6.45) is 8.76. The van der Waals surface area contributed by atoms with Crippen molar-refractivity contribution in [2.75, 3.05) is 26.7 Å². The summed E-state index contributed by atoms with van der Waals surface area (Å²) in [5.74, 6) is 1.60. The van der Waals surface area contributed by atoms with Crippen LogP contribution in [0.15, 0.2) is 54.6 Å². The van der Waals surface area contributed by atoms with Gasteiger partial charge in [0.05, 0.1) is 12.7 Å². The summed E-state index contributed by atoms with van der Waals surface area (Å²) in [6.45, 7) is 2.63. The molecule has 6 nitrogen and oxygen atoms in total. The van der Waals surface area contributed by atoms with Crippen LogP contribution in [0.4, 0.5) is 0 Å². The molecular formula is C29H36N2O4. The molecule has 1 amide bonds. The summed E-state index contributed by atoms with van der Waals surface area (Å²) in [5, 5.41) is 25.5. The maximum absolute atomic E-state index is 12.8. The number of ether oxygens (including phenoxy) is 1. The Bertz CT molecular complexity index is 1100. The number of fused-ring (bicyclic) bond motifs is 1. The quantitative estimate of drug-likeness (QED) is 0.529. The maximum Gasteiger partial charge on any atom is 0.244 e. The summed E-state index contributed by atoms with van der Waals surface area (Å²) in [6, 6.07) is 14.9. The number of aliphatic hydroxyl groups is 1. The van der Waals surface area contributed by atoms with Gasteiger partial charge in [-0.2, -0.15) is 0 Å². The number of carbonyl (C=O) groups is 1. The minimum absolute atomic E-state index is 0.0462. The lowest BCUT2D eigenvalue weighted by atomic mass is 9.55. The molecule has 1 saturated heterocycles. The van der Waals surface area contributed by atoms with Crippen molar-refractivity contribution < 1.29 is 19.7 Å². The number of nitrogens with one attached hydrogen (secondary N) is 1. The van der Waals surface area contributed by atoms with Crippen molar-refractivity contribution in [2.24, 2.45) is 5.92 Å². The number of benzene rings is 2. The van der Waals surface area contributed by atoms with Crippen LogP contribution in [0.1, 0.15) is 49.7 Å². The highest BCUT2D eigenvalue weighted by Gasteiger charge is 2.57. The van der Waals surface area contributed by atoms with Gasteiger partial charge in [-0.05, 0) is 92.5 Å². The van der Waals surface area contributed by atoms with E-state index in [9.17, 15) is 15.0 Å². The first kappa shape index (κ1) is 23.9. The zero-order valence-corrected chi connectivity index (χ0v) is 20.5. The van der Waals surface area contributed by atoms with Crippen LogP contribution < -0.4 is 10.1 Å². The molecule has 1 heterocycles. The highest BCUT2D eigenvalue weighted by molar-refractivity contribution is 5.92. The summed E-state index contributed by atoms with van der Waals surface area (Å²) in [4.78, 5) is 15.2. The minimum atomic E-state index is -0.883. The predicted molar refractivity (Wildman–Crippen MR) is 136 cm³/mol. The number of aromatic hydroxyl groups is 1. The number of piperidine rings is 1. The lowest BCUT2D eigenvalue weighted by Gasteiger charge is -2.58. The second-order valence-electron chi connectivity index (χ2n) is 10.7.